The van der Waals surface area contributed by atoms with Gasteiger partial charge in [0.05, 0.1) is 10.5 Å². The molecule has 0 heterocycles. The normalized spacial score (nSPS) is 10.3. The van der Waals surface area contributed by atoms with Crippen molar-refractivity contribution in [1.29, 1.82) is 0 Å². The number of nitro benzene ring substituents is 1. The molecule has 0 atom stereocenters. The summed E-state index contributed by atoms with van der Waals surface area (Å²) in [6, 6.07) is 16.3. The average molecular weight is 438 g/mol. The molecule has 9 heteroatoms. The summed E-state index contributed by atoms with van der Waals surface area (Å²) in [6.45, 7) is 1.39. The number of halogens is 1. The van der Waals surface area contributed by atoms with Crippen LogP contribution in [-0.4, -0.2) is 22.5 Å². The van der Waals surface area contributed by atoms with E-state index < -0.39 is 22.3 Å². The Morgan fingerprint density at radius 3 is 2.03 bits per heavy atom. The van der Waals surface area contributed by atoms with Gasteiger partial charge in [0, 0.05) is 35.5 Å². The van der Waals surface area contributed by atoms with Crippen molar-refractivity contribution in [2.75, 3.05) is 10.6 Å². The van der Waals surface area contributed by atoms with E-state index in [0.717, 1.165) is 6.07 Å². The predicted molar refractivity (Wildman–Crippen MR) is 117 cm³/mol. The Kier molecular flexibility index (Phi) is 6.42. The molecule has 2 N–H and O–H groups in total. The van der Waals surface area contributed by atoms with E-state index in [9.17, 15) is 24.5 Å². The van der Waals surface area contributed by atoms with Gasteiger partial charge in [0.15, 0.2) is 5.78 Å². The third kappa shape index (κ3) is 5.12. The third-order valence-electron chi connectivity index (χ3n) is 4.28. The van der Waals surface area contributed by atoms with Crippen molar-refractivity contribution in [3.8, 4) is 0 Å². The van der Waals surface area contributed by atoms with Crippen LogP contribution in [0.1, 0.15) is 33.2 Å². The number of carbonyl (C=O) groups excluding carboxylic acids is 3. The van der Waals surface area contributed by atoms with Gasteiger partial charge in [0.1, 0.15) is 5.02 Å². The predicted octanol–water partition coefficient (Wildman–Crippen LogP) is 4.69. The first-order valence-corrected chi connectivity index (χ1v) is 9.40. The van der Waals surface area contributed by atoms with Crippen molar-refractivity contribution in [3.05, 3.63) is 98.6 Å². The van der Waals surface area contributed by atoms with Crippen LogP contribution in [-0.2, 0) is 4.79 Å². The van der Waals surface area contributed by atoms with Gasteiger partial charge in [0.2, 0.25) is 5.91 Å². The zero-order valence-electron chi connectivity index (χ0n) is 16.2. The minimum absolute atomic E-state index is 0.0380. The lowest BCUT2D eigenvalue weighted by Gasteiger charge is -2.11. The van der Waals surface area contributed by atoms with Crippen LogP contribution < -0.4 is 10.6 Å². The summed E-state index contributed by atoms with van der Waals surface area (Å²) in [5.41, 5.74) is 0.876. The Morgan fingerprint density at radius 1 is 0.871 bits per heavy atom. The molecule has 0 saturated heterocycles. The van der Waals surface area contributed by atoms with Crippen molar-refractivity contribution in [3.63, 3.8) is 0 Å². The number of hydrogen-bond donors (Lipinski definition) is 2. The summed E-state index contributed by atoms with van der Waals surface area (Å²) in [5.74, 6) is -1.29. The first-order chi connectivity index (χ1) is 14.8. The van der Waals surface area contributed by atoms with Crippen LogP contribution in [0.3, 0.4) is 0 Å². The topological polar surface area (TPSA) is 118 Å². The number of nitro groups is 1. The van der Waals surface area contributed by atoms with Gasteiger partial charge in [-0.3, -0.25) is 24.5 Å². The lowest BCUT2D eigenvalue weighted by Crippen LogP contribution is -2.17. The van der Waals surface area contributed by atoms with Crippen molar-refractivity contribution < 1.29 is 19.3 Å². The molecule has 3 aromatic rings. The molecule has 8 nitrogen and oxygen atoms in total. The van der Waals surface area contributed by atoms with E-state index in [0.29, 0.717) is 11.4 Å². The van der Waals surface area contributed by atoms with Crippen molar-refractivity contribution in [2.45, 2.75) is 6.92 Å². The fraction of sp³-hybridized carbons (Fsp3) is 0.0455. The van der Waals surface area contributed by atoms with Crippen molar-refractivity contribution in [1.82, 2.24) is 0 Å². The molecule has 0 fully saturated rings. The molecule has 0 aliphatic carbocycles. The lowest BCUT2D eigenvalue weighted by molar-refractivity contribution is -0.384. The van der Waals surface area contributed by atoms with Crippen LogP contribution in [0.15, 0.2) is 66.7 Å². The second kappa shape index (κ2) is 9.19. The monoisotopic (exact) mass is 437 g/mol. The van der Waals surface area contributed by atoms with Crippen LogP contribution in [0.5, 0.6) is 0 Å². The highest BCUT2D eigenvalue weighted by Crippen LogP contribution is 2.27. The van der Waals surface area contributed by atoms with Crippen LogP contribution >= 0.6 is 11.6 Å². The summed E-state index contributed by atoms with van der Waals surface area (Å²) in [6.07, 6.45) is 0. The van der Waals surface area contributed by atoms with Crippen LogP contribution in [0.4, 0.5) is 17.1 Å². The summed E-state index contributed by atoms with van der Waals surface area (Å²) >= 11 is 5.81. The van der Waals surface area contributed by atoms with Gasteiger partial charge in [-0.05, 0) is 42.5 Å². The van der Waals surface area contributed by atoms with Crippen LogP contribution in [0.25, 0.3) is 0 Å². The van der Waals surface area contributed by atoms with E-state index in [2.05, 4.69) is 10.6 Å². The molecule has 3 rings (SSSR count). The number of rotatable bonds is 6. The molecule has 0 unspecified atom stereocenters. The van der Waals surface area contributed by atoms with E-state index in [-0.39, 0.29) is 27.6 Å². The molecule has 0 saturated carbocycles. The minimum Gasteiger partial charge on any atom is -0.326 e. The molecule has 156 valence electrons. The molecule has 0 aromatic heterocycles. The zero-order chi connectivity index (χ0) is 22.5. The first-order valence-electron chi connectivity index (χ1n) is 9.03. The van der Waals surface area contributed by atoms with E-state index >= 15 is 0 Å². The number of anilines is 2. The Labute approximate surface area is 182 Å². The van der Waals surface area contributed by atoms with Crippen LogP contribution in [0.2, 0.25) is 5.02 Å². The maximum Gasteiger partial charge on any atom is 0.288 e. The second-order valence-electron chi connectivity index (χ2n) is 6.51. The smallest absolute Gasteiger partial charge is 0.288 e. The number of hydrogen-bond acceptors (Lipinski definition) is 5. The van der Waals surface area contributed by atoms with E-state index in [1.165, 1.54) is 31.2 Å². The largest absolute Gasteiger partial charge is 0.326 e. The van der Waals surface area contributed by atoms with Gasteiger partial charge in [-0.2, -0.15) is 0 Å². The van der Waals surface area contributed by atoms with E-state index in [4.69, 9.17) is 11.6 Å². The van der Waals surface area contributed by atoms with Gasteiger partial charge in [0.25, 0.3) is 11.6 Å². The maximum absolute atomic E-state index is 13.0. The molecule has 31 heavy (non-hydrogen) atoms. The van der Waals surface area contributed by atoms with E-state index in [1.54, 1.807) is 36.4 Å². The van der Waals surface area contributed by atoms with Gasteiger partial charge in [-0.1, -0.05) is 29.8 Å². The minimum atomic E-state index is -0.678. The molecule has 0 aliphatic rings. The Morgan fingerprint density at radius 2 is 1.45 bits per heavy atom. The summed E-state index contributed by atoms with van der Waals surface area (Å²) in [5, 5.41) is 16.3. The second-order valence-corrected chi connectivity index (χ2v) is 6.92. The molecular weight excluding hydrogens is 422 g/mol. The number of nitrogens with one attached hydrogen (secondary N) is 2. The summed E-state index contributed by atoms with van der Waals surface area (Å²) in [7, 11) is 0. The number of carbonyl (C=O) groups is 3. The molecule has 3 aromatic carbocycles. The molecular formula is C22H16ClN3O5. The quantitative estimate of drug-likeness (QED) is 0.329. The fourth-order valence-electron chi connectivity index (χ4n) is 2.87. The molecule has 0 bridgehead atoms. The zero-order valence-corrected chi connectivity index (χ0v) is 17.0. The molecule has 0 spiro atoms. The Hall–Kier alpha value is -4.04. The highest BCUT2D eigenvalue weighted by Gasteiger charge is 2.21. The molecule has 2 amide bonds. The fourth-order valence-corrected chi connectivity index (χ4v) is 3.05. The number of benzene rings is 3. The standard InChI is InChI=1S/C22H16ClN3O5/c1-13(27)24-15-7-9-16(10-8-15)25-22(29)18-5-3-2-4-17(18)21(28)14-6-11-19(23)20(12-14)26(30)31/h2-12H,1H3,(H,24,27)(H,25,29). The number of ketones is 1. The van der Waals surface area contributed by atoms with Crippen LogP contribution in [0, 0.1) is 10.1 Å². The summed E-state index contributed by atoms with van der Waals surface area (Å²) < 4.78 is 0. The van der Waals surface area contributed by atoms with E-state index in [1.807, 2.05) is 0 Å². The van der Waals surface area contributed by atoms with Gasteiger partial charge < -0.3 is 10.6 Å². The van der Waals surface area contributed by atoms with Gasteiger partial charge >= 0.3 is 0 Å². The molecule has 0 radical (unpaired) electrons. The average Bonchev–Trinajstić information content (AvgIpc) is 2.74. The van der Waals surface area contributed by atoms with Crippen molar-refractivity contribution in [2.24, 2.45) is 0 Å². The van der Waals surface area contributed by atoms with Crippen molar-refractivity contribution >= 4 is 46.3 Å². The third-order valence-corrected chi connectivity index (χ3v) is 4.60. The Balaban J connectivity index is 1.87. The number of amides is 2. The highest BCUT2D eigenvalue weighted by molar-refractivity contribution is 6.33. The Bertz CT molecular complexity index is 1190. The highest BCUT2D eigenvalue weighted by atomic mass is 35.5. The maximum atomic E-state index is 13.0. The van der Waals surface area contributed by atoms with Gasteiger partial charge in [-0.25, -0.2) is 0 Å². The number of nitrogens with zero attached hydrogens (tertiary/aromatic N) is 1. The SMILES string of the molecule is CC(=O)Nc1ccc(NC(=O)c2ccccc2C(=O)c2ccc(Cl)c([N+](=O)[O-])c2)cc1. The lowest BCUT2D eigenvalue weighted by atomic mass is 9.97. The summed E-state index contributed by atoms with van der Waals surface area (Å²) in [4.78, 5) is 47.3. The first kappa shape index (κ1) is 21.7. The van der Waals surface area contributed by atoms with Gasteiger partial charge in [-0.15, -0.1) is 0 Å². The molecule has 0 aliphatic heterocycles.